The lowest BCUT2D eigenvalue weighted by atomic mass is 9.99. The monoisotopic (exact) mass is 439 g/mol. The van der Waals surface area contributed by atoms with Crippen LogP contribution >= 0.6 is 0 Å². The first-order valence-electron chi connectivity index (χ1n) is 10.9. The molecular formula is C26H25N5O2. The molecule has 7 nitrogen and oxygen atoms in total. The van der Waals surface area contributed by atoms with Gasteiger partial charge in [-0.05, 0) is 50.8 Å². The molecule has 4 aromatic rings. The molecule has 166 valence electrons. The molecule has 0 atom stereocenters. The van der Waals surface area contributed by atoms with Gasteiger partial charge in [-0.2, -0.15) is 0 Å². The van der Waals surface area contributed by atoms with Crippen molar-refractivity contribution in [3.8, 4) is 22.5 Å². The van der Waals surface area contributed by atoms with Crippen molar-refractivity contribution < 1.29 is 10.0 Å². The Morgan fingerprint density at radius 1 is 1.03 bits per heavy atom. The van der Waals surface area contributed by atoms with Crippen molar-refractivity contribution in [2.24, 2.45) is 5.16 Å². The number of aromatic nitrogens is 2. The number of hydrogen-bond donors (Lipinski definition) is 3. The zero-order valence-corrected chi connectivity index (χ0v) is 18.6. The minimum absolute atomic E-state index is 0.0925. The number of nitrogens with zero attached hydrogens (tertiary/aromatic N) is 3. The molecule has 1 amide bonds. The quantitative estimate of drug-likeness (QED) is 0.211. The molecule has 0 bridgehead atoms. The van der Waals surface area contributed by atoms with E-state index in [-0.39, 0.29) is 5.91 Å². The van der Waals surface area contributed by atoms with Gasteiger partial charge in [0.15, 0.2) is 0 Å². The highest BCUT2D eigenvalue weighted by Gasteiger charge is 2.28. The third-order valence-corrected chi connectivity index (χ3v) is 5.94. The van der Waals surface area contributed by atoms with Gasteiger partial charge in [0.1, 0.15) is 11.5 Å². The lowest BCUT2D eigenvalue weighted by Crippen LogP contribution is -2.27. The van der Waals surface area contributed by atoms with Crippen LogP contribution in [0.1, 0.15) is 27.9 Å². The highest BCUT2D eigenvalue weighted by atomic mass is 16.4. The van der Waals surface area contributed by atoms with Crippen LogP contribution in [0.25, 0.3) is 33.5 Å². The van der Waals surface area contributed by atoms with E-state index in [1.54, 1.807) is 6.07 Å². The molecule has 3 N–H and O–H groups in total. The number of imidazole rings is 1. The highest BCUT2D eigenvalue weighted by molar-refractivity contribution is 6.26. The Morgan fingerprint density at radius 2 is 1.79 bits per heavy atom. The summed E-state index contributed by atoms with van der Waals surface area (Å²) in [5, 5.41) is 16.2. The summed E-state index contributed by atoms with van der Waals surface area (Å²) in [4.78, 5) is 22.8. The van der Waals surface area contributed by atoms with Gasteiger partial charge in [-0.1, -0.05) is 47.6 Å². The van der Waals surface area contributed by atoms with Crippen molar-refractivity contribution in [2.45, 2.75) is 6.42 Å². The van der Waals surface area contributed by atoms with Crippen molar-refractivity contribution in [2.75, 3.05) is 27.2 Å². The Morgan fingerprint density at radius 3 is 2.58 bits per heavy atom. The number of aromatic amines is 1. The molecule has 1 aromatic heterocycles. The molecule has 1 aliphatic carbocycles. The van der Waals surface area contributed by atoms with Crippen LogP contribution in [0.2, 0.25) is 0 Å². The van der Waals surface area contributed by atoms with Crippen molar-refractivity contribution in [1.82, 2.24) is 20.2 Å². The number of rotatable bonds is 6. The maximum Gasteiger partial charge on any atom is 0.251 e. The van der Waals surface area contributed by atoms with E-state index in [2.05, 4.69) is 20.4 Å². The second kappa shape index (κ2) is 8.52. The van der Waals surface area contributed by atoms with Gasteiger partial charge in [0, 0.05) is 34.4 Å². The van der Waals surface area contributed by atoms with Crippen LogP contribution in [-0.4, -0.2) is 58.9 Å². The largest absolute Gasteiger partial charge is 0.410 e. The first-order valence-corrected chi connectivity index (χ1v) is 10.9. The maximum absolute atomic E-state index is 12.6. The summed E-state index contributed by atoms with van der Waals surface area (Å²) in [5.41, 5.74) is 7.42. The molecule has 0 saturated carbocycles. The SMILES string of the molecule is CN(C)CCCNC(=O)c1ccc2nc(-c3cccc4c3-c3ccccc3/C4=N/O)[nH]c2c1. The number of carbonyl (C=O) groups is 1. The number of benzene rings is 3. The van der Waals surface area contributed by atoms with E-state index in [0.717, 1.165) is 51.8 Å². The van der Waals surface area contributed by atoms with E-state index < -0.39 is 0 Å². The number of H-pyrrole nitrogens is 1. The molecule has 0 radical (unpaired) electrons. The normalized spacial score (nSPS) is 13.5. The van der Waals surface area contributed by atoms with Crippen LogP contribution in [0.4, 0.5) is 0 Å². The second-order valence-electron chi connectivity index (χ2n) is 8.45. The van der Waals surface area contributed by atoms with Crippen LogP contribution < -0.4 is 5.32 Å². The standard InChI is InChI=1S/C26H25N5O2/c1-31(2)14-6-13-27-26(32)16-11-12-21-22(15-16)29-25(28-21)20-10-5-9-19-23(20)17-7-3-4-8-18(17)24(19)30-33/h3-5,7-12,15,33H,6,13-14H2,1-2H3,(H,27,32)(H,28,29)/b30-24-. The number of carbonyl (C=O) groups excluding carboxylic acids is 1. The van der Waals surface area contributed by atoms with E-state index in [4.69, 9.17) is 4.98 Å². The number of nitrogens with one attached hydrogen (secondary N) is 2. The zero-order chi connectivity index (χ0) is 22.9. The fraction of sp³-hybridized carbons (Fsp3) is 0.192. The van der Waals surface area contributed by atoms with Crippen molar-refractivity contribution in [3.05, 3.63) is 77.4 Å². The Balaban J connectivity index is 1.48. The molecule has 33 heavy (non-hydrogen) atoms. The smallest absolute Gasteiger partial charge is 0.251 e. The Bertz CT molecular complexity index is 1390. The van der Waals surface area contributed by atoms with Gasteiger partial charge in [-0.25, -0.2) is 4.98 Å². The Hall–Kier alpha value is -3.97. The van der Waals surface area contributed by atoms with Gasteiger partial charge >= 0.3 is 0 Å². The number of fused-ring (bicyclic) bond motifs is 4. The average molecular weight is 440 g/mol. The maximum atomic E-state index is 12.6. The Kier molecular flexibility index (Phi) is 5.40. The van der Waals surface area contributed by atoms with E-state index >= 15 is 0 Å². The first kappa shape index (κ1) is 20.9. The van der Waals surface area contributed by atoms with Crippen LogP contribution in [0.3, 0.4) is 0 Å². The predicted octanol–water partition coefficient (Wildman–Crippen LogP) is 4.12. The molecule has 3 aromatic carbocycles. The summed E-state index contributed by atoms with van der Waals surface area (Å²) < 4.78 is 0. The van der Waals surface area contributed by atoms with Gasteiger partial charge in [-0.15, -0.1) is 0 Å². The molecule has 1 aliphatic rings. The number of oxime groups is 1. The summed E-state index contributed by atoms with van der Waals surface area (Å²) in [7, 11) is 4.04. The topological polar surface area (TPSA) is 93.6 Å². The molecule has 5 rings (SSSR count). The lowest BCUT2D eigenvalue weighted by Gasteiger charge is -2.09. The van der Waals surface area contributed by atoms with E-state index in [9.17, 15) is 10.0 Å². The fourth-order valence-electron chi connectivity index (χ4n) is 4.38. The average Bonchev–Trinajstić information content (AvgIpc) is 3.39. The first-order chi connectivity index (χ1) is 16.1. The van der Waals surface area contributed by atoms with Gasteiger partial charge in [-0.3, -0.25) is 4.79 Å². The van der Waals surface area contributed by atoms with Gasteiger partial charge in [0.05, 0.1) is 11.0 Å². The summed E-state index contributed by atoms with van der Waals surface area (Å²) in [6, 6.07) is 19.3. The van der Waals surface area contributed by atoms with Crippen molar-refractivity contribution >= 4 is 22.7 Å². The molecular weight excluding hydrogens is 414 g/mol. The molecule has 0 aliphatic heterocycles. The van der Waals surface area contributed by atoms with Crippen LogP contribution in [0.5, 0.6) is 0 Å². The van der Waals surface area contributed by atoms with E-state index in [1.165, 1.54) is 0 Å². The highest BCUT2D eigenvalue weighted by Crippen LogP contribution is 2.42. The summed E-state index contributed by atoms with van der Waals surface area (Å²) in [6.07, 6.45) is 0.898. The Labute approximate surface area is 191 Å². The summed E-state index contributed by atoms with van der Waals surface area (Å²) in [5.74, 6) is 0.615. The summed E-state index contributed by atoms with van der Waals surface area (Å²) in [6.45, 7) is 1.56. The lowest BCUT2D eigenvalue weighted by molar-refractivity contribution is 0.0952. The molecule has 7 heteroatoms. The van der Waals surface area contributed by atoms with Crippen molar-refractivity contribution in [1.29, 1.82) is 0 Å². The number of hydrogen-bond acceptors (Lipinski definition) is 5. The van der Waals surface area contributed by atoms with Crippen molar-refractivity contribution in [3.63, 3.8) is 0 Å². The fourth-order valence-corrected chi connectivity index (χ4v) is 4.38. The van der Waals surface area contributed by atoms with Gasteiger partial charge < -0.3 is 20.4 Å². The minimum Gasteiger partial charge on any atom is -0.410 e. The van der Waals surface area contributed by atoms with Crippen LogP contribution in [0.15, 0.2) is 65.8 Å². The minimum atomic E-state index is -0.0925. The molecule has 0 unspecified atom stereocenters. The van der Waals surface area contributed by atoms with Gasteiger partial charge in [0.25, 0.3) is 5.91 Å². The van der Waals surface area contributed by atoms with E-state index in [1.807, 2.05) is 68.7 Å². The third kappa shape index (κ3) is 3.76. The third-order valence-electron chi connectivity index (χ3n) is 5.94. The molecule has 0 saturated heterocycles. The van der Waals surface area contributed by atoms with E-state index in [0.29, 0.717) is 23.6 Å². The molecule has 1 heterocycles. The second-order valence-corrected chi connectivity index (χ2v) is 8.45. The van der Waals surface area contributed by atoms with Crippen LogP contribution in [0, 0.1) is 0 Å². The number of amides is 1. The van der Waals surface area contributed by atoms with Gasteiger partial charge in [0.2, 0.25) is 0 Å². The predicted molar refractivity (Wildman–Crippen MR) is 130 cm³/mol. The zero-order valence-electron chi connectivity index (χ0n) is 18.6. The summed E-state index contributed by atoms with van der Waals surface area (Å²) >= 11 is 0. The van der Waals surface area contributed by atoms with Crippen LogP contribution in [-0.2, 0) is 0 Å². The molecule has 0 fully saturated rings. The molecule has 0 spiro atoms.